The van der Waals surface area contributed by atoms with Crippen molar-refractivity contribution in [3.05, 3.63) is 65.2 Å². The van der Waals surface area contributed by atoms with Crippen molar-refractivity contribution in [1.29, 1.82) is 0 Å². The number of carbonyl (C=O) groups excluding carboxylic acids is 1. The first-order chi connectivity index (χ1) is 12.8. The zero-order valence-corrected chi connectivity index (χ0v) is 15.7. The van der Waals surface area contributed by atoms with Crippen molar-refractivity contribution in [2.75, 3.05) is 6.61 Å². The molecule has 0 bridgehead atoms. The summed E-state index contributed by atoms with van der Waals surface area (Å²) in [6.45, 7) is 2.69. The van der Waals surface area contributed by atoms with Gasteiger partial charge in [0.15, 0.2) is 0 Å². The van der Waals surface area contributed by atoms with Gasteiger partial charge in [-0.25, -0.2) is 0 Å². The predicted molar refractivity (Wildman–Crippen MR) is 105 cm³/mol. The third-order valence-corrected chi connectivity index (χ3v) is 5.08. The molecule has 0 radical (unpaired) electrons. The van der Waals surface area contributed by atoms with Crippen molar-refractivity contribution in [2.45, 2.75) is 57.9 Å². The van der Waals surface area contributed by atoms with Crippen molar-refractivity contribution >= 4 is 5.91 Å². The maximum atomic E-state index is 12.3. The molecule has 138 valence electrons. The fourth-order valence-corrected chi connectivity index (χ4v) is 3.60. The summed E-state index contributed by atoms with van der Waals surface area (Å²) in [5.41, 5.74) is 4.19. The summed E-state index contributed by atoms with van der Waals surface area (Å²) in [6, 6.07) is 16.6. The minimum absolute atomic E-state index is 0.102. The molecule has 2 aromatic carbocycles. The largest absolute Gasteiger partial charge is 0.494 e. The second kappa shape index (κ2) is 9.42. The summed E-state index contributed by atoms with van der Waals surface area (Å²) in [5, 5.41) is 3.19. The van der Waals surface area contributed by atoms with Gasteiger partial charge in [0.05, 0.1) is 12.6 Å². The van der Waals surface area contributed by atoms with Crippen molar-refractivity contribution < 1.29 is 9.53 Å². The van der Waals surface area contributed by atoms with E-state index in [9.17, 15) is 4.79 Å². The second-order valence-corrected chi connectivity index (χ2v) is 7.03. The van der Waals surface area contributed by atoms with E-state index in [2.05, 4.69) is 30.4 Å². The van der Waals surface area contributed by atoms with Crippen molar-refractivity contribution in [2.24, 2.45) is 0 Å². The highest BCUT2D eigenvalue weighted by Gasteiger charge is 2.16. The monoisotopic (exact) mass is 351 g/mol. The van der Waals surface area contributed by atoms with E-state index < -0.39 is 0 Å². The molecule has 1 N–H and O–H groups in total. The number of nitrogens with one attached hydrogen (secondary N) is 1. The molecule has 1 aliphatic carbocycles. The zero-order chi connectivity index (χ0) is 18.2. The lowest BCUT2D eigenvalue weighted by atomic mass is 9.89. The fraction of sp³-hybridized carbons (Fsp3) is 0.435. The number of amides is 1. The van der Waals surface area contributed by atoms with E-state index in [1.165, 1.54) is 42.4 Å². The molecule has 2 aromatic rings. The van der Waals surface area contributed by atoms with Crippen LogP contribution in [-0.2, 0) is 17.6 Å². The van der Waals surface area contributed by atoms with Crippen LogP contribution < -0.4 is 10.1 Å². The predicted octanol–water partition coefficient (Wildman–Crippen LogP) is 4.99. The number of carbonyl (C=O) groups is 1. The second-order valence-electron chi connectivity index (χ2n) is 7.03. The number of aryl methyl sites for hydroxylation is 2. The SMILES string of the molecule is CCC(NC(=O)CCCOc1ccccc1)c1ccc2c(c1)CCCC2. The Morgan fingerprint density at radius 2 is 1.85 bits per heavy atom. The molecule has 3 nitrogen and oxygen atoms in total. The first-order valence-electron chi connectivity index (χ1n) is 9.85. The summed E-state index contributed by atoms with van der Waals surface area (Å²) in [7, 11) is 0. The molecular weight excluding hydrogens is 322 g/mol. The Morgan fingerprint density at radius 3 is 2.62 bits per heavy atom. The van der Waals surface area contributed by atoms with Crippen LogP contribution in [0.1, 0.15) is 61.8 Å². The first kappa shape index (κ1) is 18.5. The number of ether oxygens (including phenoxy) is 1. The fourth-order valence-electron chi connectivity index (χ4n) is 3.60. The Labute approximate surface area is 156 Å². The van der Waals surface area contributed by atoms with E-state index in [0.717, 1.165) is 18.6 Å². The first-order valence-corrected chi connectivity index (χ1v) is 9.85. The normalized spacial score (nSPS) is 14.3. The lowest BCUT2D eigenvalue weighted by Gasteiger charge is -2.21. The molecule has 1 aliphatic rings. The van der Waals surface area contributed by atoms with Crippen molar-refractivity contribution in [3.63, 3.8) is 0 Å². The van der Waals surface area contributed by atoms with E-state index >= 15 is 0 Å². The number of para-hydroxylation sites is 1. The van der Waals surface area contributed by atoms with Crippen molar-refractivity contribution in [1.82, 2.24) is 5.32 Å². The van der Waals surface area contributed by atoms with Crippen LogP contribution in [0.3, 0.4) is 0 Å². The van der Waals surface area contributed by atoms with Gasteiger partial charge in [-0.05, 0) is 67.3 Å². The Kier molecular flexibility index (Phi) is 6.70. The molecule has 1 atom stereocenters. The van der Waals surface area contributed by atoms with Gasteiger partial charge >= 0.3 is 0 Å². The molecule has 0 heterocycles. The summed E-state index contributed by atoms with van der Waals surface area (Å²) >= 11 is 0. The van der Waals surface area contributed by atoms with Gasteiger partial charge in [-0.15, -0.1) is 0 Å². The standard InChI is InChI=1S/C23H29NO2/c1-2-22(20-15-14-18-9-6-7-10-19(18)17-20)24-23(25)13-8-16-26-21-11-4-3-5-12-21/h3-5,11-12,14-15,17,22H,2,6-10,13,16H2,1H3,(H,24,25). The van der Waals surface area contributed by atoms with E-state index in [4.69, 9.17) is 4.74 Å². The molecule has 3 rings (SSSR count). The highest BCUT2D eigenvalue weighted by Crippen LogP contribution is 2.26. The lowest BCUT2D eigenvalue weighted by Crippen LogP contribution is -2.28. The van der Waals surface area contributed by atoms with Crippen LogP contribution in [0.15, 0.2) is 48.5 Å². The van der Waals surface area contributed by atoms with Crippen LogP contribution in [0.25, 0.3) is 0 Å². The molecule has 1 amide bonds. The smallest absolute Gasteiger partial charge is 0.220 e. The quantitative estimate of drug-likeness (QED) is 0.680. The maximum Gasteiger partial charge on any atom is 0.220 e. The number of fused-ring (bicyclic) bond motifs is 1. The van der Waals surface area contributed by atoms with Gasteiger partial charge in [0.1, 0.15) is 5.75 Å². The van der Waals surface area contributed by atoms with Crippen molar-refractivity contribution in [3.8, 4) is 5.75 Å². The van der Waals surface area contributed by atoms with Gasteiger partial charge in [0, 0.05) is 6.42 Å². The van der Waals surface area contributed by atoms with Gasteiger partial charge < -0.3 is 10.1 Å². The lowest BCUT2D eigenvalue weighted by molar-refractivity contribution is -0.122. The van der Waals surface area contributed by atoms with E-state index in [1.807, 2.05) is 30.3 Å². The molecule has 0 aliphatic heterocycles. The molecule has 3 heteroatoms. The molecular formula is C23H29NO2. The summed E-state index contributed by atoms with van der Waals surface area (Å²) in [4.78, 5) is 12.3. The van der Waals surface area contributed by atoms with Crippen LogP contribution in [0, 0.1) is 0 Å². The van der Waals surface area contributed by atoms with E-state index in [-0.39, 0.29) is 11.9 Å². The third-order valence-electron chi connectivity index (χ3n) is 5.08. The maximum absolute atomic E-state index is 12.3. The number of hydrogen-bond acceptors (Lipinski definition) is 2. The molecule has 0 saturated carbocycles. The Morgan fingerprint density at radius 1 is 1.08 bits per heavy atom. The number of hydrogen-bond donors (Lipinski definition) is 1. The van der Waals surface area contributed by atoms with Crippen LogP contribution in [0.2, 0.25) is 0 Å². The summed E-state index contributed by atoms with van der Waals surface area (Å²) in [6.07, 6.45) is 7.07. The molecule has 26 heavy (non-hydrogen) atoms. The highest BCUT2D eigenvalue weighted by atomic mass is 16.5. The number of benzene rings is 2. The molecule has 0 aromatic heterocycles. The van der Waals surface area contributed by atoms with Crippen LogP contribution >= 0.6 is 0 Å². The van der Waals surface area contributed by atoms with Gasteiger partial charge in [-0.2, -0.15) is 0 Å². The molecule has 0 saturated heterocycles. The number of rotatable bonds is 8. The minimum atomic E-state index is 0.102. The van der Waals surface area contributed by atoms with Gasteiger partial charge in [0.25, 0.3) is 0 Å². The summed E-state index contributed by atoms with van der Waals surface area (Å²) in [5.74, 6) is 0.958. The van der Waals surface area contributed by atoms with Gasteiger partial charge in [0.2, 0.25) is 5.91 Å². The molecule has 1 unspecified atom stereocenters. The van der Waals surface area contributed by atoms with Crippen LogP contribution in [0.4, 0.5) is 0 Å². The van der Waals surface area contributed by atoms with E-state index in [1.54, 1.807) is 0 Å². The Hall–Kier alpha value is -2.29. The van der Waals surface area contributed by atoms with Gasteiger partial charge in [-0.3, -0.25) is 4.79 Å². The molecule has 0 fully saturated rings. The highest BCUT2D eigenvalue weighted by molar-refractivity contribution is 5.76. The third kappa shape index (κ3) is 5.10. The summed E-state index contributed by atoms with van der Waals surface area (Å²) < 4.78 is 5.65. The Bertz CT molecular complexity index is 711. The van der Waals surface area contributed by atoms with E-state index in [0.29, 0.717) is 13.0 Å². The van der Waals surface area contributed by atoms with Gasteiger partial charge in [-0.1, -0.05) is 43.3 Å². The topological polar surface area (TPSA) is 38.3 Å². The van der Waals surface area contributed by atoms with Crippen LogP contribution in [-0.4, -0.2) is 12.5 Å². The van der Waals surface area contributed by atoms with Crippen LogP contribution in [0.5, 0.6) is 5.75 Å². The Balaban J connectivity index is 1.47. The molecule has 0 spiro atoms. The average Bonchev–Trinajstić information content (AvgIpc) is 2.70. The average molecular weight is 351 g/mol. The minimum Gasteiger partial charge on any atom is -0.494 e. The zero-order valence-electron chi connectivity index (χ0n) is 15.7.